The number of nitrogens with zero attached hydrogens (tertiary/aromatic N) is 3. The van der Waals surface area contributed by atoms with Crippen LogP contribution in [0.15, 0.2) is 6.33 Å². The maximum Gasteiger partial charge on any atom is 0.240 e. The van der Waals surface area contributed by atoms with Crippen molar-refractivity contribution in [3.05, 3.63) is 6.33 Å². The largest absolute Gasteiger partial charge is 0.354 e. The summed E-state index contributed by atoms with van der Waals surface area (Å²) >= 11 is 0.998. The fraction of sp³-hybridized carbons (Fsp3) is 0. The Morgan fingerprint density at radius 3 is 2.90 bits per heavy atom. The van der Waals surface area contributed by atoms with E-state index in [4.69, 9.17) is 15.8 Å². The van der Waals surface area contributed by atoms with Gasteiger partial charge in [0.25, 0.3) is 0 Å². The molecule has 0 saturated heterocycles. The zero-order valence-electron chi connectivity index (χ0n) is 4.89. The molecule has 4 radical (unpaired) electrons. The predicted molar refractivity (Wildman–Crippen MR) is 39.3 cm³/mol. The molecular weight excluding hydrogens is 148 g/mol. The summed E-state index contributed by atoms with van der Waals surface area (Å²) in [6.45, 7) is 0. The molecule has 10 heavy (non-hydrogen) atoms. The fourth-order valence-corrected chi connectivity index (χ4v) is 0.828. The van der Waals surface area contributed by atoms with Gasteiger partial charge < -0.3 is 4.81 Å². The lowest BCUT2D eigenvalue weighted by molar-refractivity contribution is 0.266. The molecule has 0 aliphatic rings. The molecule has 7 heteroatoms. The first-order valence-corrected chi connectivity index (χ1v) is 3.10. The van der Waals surface area contributed by atoms with Crippen molar-refractivity contribution in [3.8, 4) is 0 Å². The summed E-state index contributed by atoms with van der Waals surface area (Å²) in [6.07, 6.45) is 1.29. The quantitative estimate of drug-likeness (QED) is 0.515. The van der Waals surface area contributed by atoms with E-state index in [1.54, 1.807) is 0 Å². The average molecular weight is 149 g/mol. The fourth-order valence-electron chi connectivity index (χ4n) is 0.368. The van der Waals surface area contributed by atoms with Gasteiger partial charge in [0, 0.05) is 11.5 Å². The van der Waals surface area contributed by atoms with Gasteiger partial charge in [0.2, 0.25) is 7.98 Å². The lowest BCUT2D eigenvalue weighted by atomic mass is 10.1. The second kappa shape index (κ2) is 2.83. The van der Waals surface area contributed by atoms with Gasteiger partial charge in [0.05, 0.1) is 0 Å². The Balaban J connectivity index is 2.77. The first-order valence-electron chi connectivity index (χ1n) is 2.32. The highest BCUT2D eigenvalue weighted by Gasteiger charge is 2.05. The molecule has 0 spiro atoms. The molecule has 1 aromatic rings. The van der Waals surface area contributed by atoms with Crippen LogP contribution >= 0.6 is 11.5 Å². The lowest BCUT2D eigenvalue weighted by Crippen LogP contribution is -2.25. The third-order valence-corrected chi connectivity index (χ3v) is 1.46. The van der Waals surface area contributed by atoms with Crippen LogP contribution in [0.3, 0.4) is 0 Å². The highest BCUT2D eigenvalue weighted by Crippen LogP contribution is 2.10. The highest BCUT2D eigenvalue weighted by molar-refractivity contribution is 7.10. The zero-order valence-corrected chi connectivity index (χ0v) is 5.71. The van der Waals surface area contributed by atoms with E-state index in [2.05, 4.69) is 9.36 Å². The Kier molecular flexibility index (Phi) is 2.06. The number of amides is 1. The normalized spacial score (nSPS) is 9.20. The van der Waals surface area contributed by atoms with Gasteiger partial charge in [-0.15, -0.1) is 0 Å². The minimum Gasteiger partial charge on any atom is -0.354 e. The van der Waals surface area contributed by atoms with Gasteiger partial charge in [0.15, 0.2) is 18.8 Å². The molecule has 0 N–H and O–H groups in total. The van der Waals surface area contributed by atoms with Crippen molar-refractivity contribution in [1.82, 2.24) is 9.36 Å². The minimum atomic E-state index is -0.753. The molecule has 46 valence electrons. The molecule has 1 amide bonds. The molecule has 0 atom stereocenters. The Labute approximate surface area is 64.3 Å². The molecule has 4 nitrogen and oxygen atoms in total. The van der Waals surface area contributed by atoms with E-state index in [9.17, 15) is 4.79 Å². The van der Waals surface area contributed by atoms with E-state index in [-0.39, 0.29) is 5.13 Å². The van der Waals surface area contributed by atoms with Gasteiger partial charge in [-0.1, -0.05) is 0 Å². The van der Waals surface area contributed by atoms with Crippen LogP contribution in [0.1, 0.15) is 0 Å². The van der Waals surface area contributed by atoms with Gasteiger partial charge in [-0.3, -0.25) is 4.79 Å². The van der Waals surface area contributed by atoms with Crippen molar-refractivity contribution in [1.29, 1.82) is 0 Å². The van der Waals surface area contributed by atoms with Crippen LogP contribution in [0.2, 0.25) is 0 Å². The van der Waals surface area contributed by atoms with Gasteiger partial charge >= 0.3 is 0 Å². The van der Waals surface area contributed by atoms with Crippen molar-refractivity contribution in [2.45, 2.75) is 0 Å². The topological polar surface area (TPSA) is 46.1 Å². The second-order valence-corrected chi connectivity index (χ2v) is 2.19. The number of carbonyl (C=O) groups excluding carboxylic acids is 1. The number of anilines is 1. The van der Waals surface area contributed by atoms with Crippen molar-refractivity contribution in [2.75, 3.05) is 4.81 Å². The summed E-state index contributed by atoms with van der Waals surface area (Å²) in [5.74, 6) is -0.753. The summed E-state index contributed by atoms with van der Waals surface area (Å²) in [5.41, 5.74) is 0. The summed E-state index contributed by atoms with van der Waals surface area (Å²) in [5, 5.41) is 0.285. The molecule has 0 bridgehead atoms. The van der Waals surface area contributed by atoms with Gasteiger partial charge in [-0.2, -0.15) is 4.37 Å². The van der Waals surface area contributed by atoms with Crippen LogP contribution in [-0.4, -0.2) is 31.0 Å². The van der Waals surface area contributed by atoms with Crippen LogP contribution in [0.25, 0.3) is 0 Å². The Bertz CT molecular complexity index is 226. The Hall–Kier alpha value is -0.840. The van der Waals surface area contributed by atoms with Gasteiger partial charge in [0.1, 0.15) is 6.33 Å². The maximum atomic E-state index is 10.4. The average Bonchev–Trinajstić information content (AvgIpc) is 2.36. The Morgan fingerprint density at radius 2 is 2.50 bits per heavy atom. The van der Waals surface area contributed by atoms with Crippen LogP contribution < -0.4 is 4.81 Å². The molecule has 1 aromatic heterocycles. The second-order valence-electron chi connectivity index (χ2n) is 1.43. The number of hydrogen-bond donors (Lipinski definition) is 0. The maximum absolute atomic E-state index is 10.4. The number of rotatable bonds is 1. The molecule has 0 aliphatic heterocycles. The van der Waals surface area contributed by atoms with Crippen LogP contribution in [0.4, 0.5) is 9.93 Å². The highest BCUT2D eigenvalue weighted by atomic mass is 32.1. The molecule has 1 heterocycles. The number of aromatic nitrogens is 2. The number of hydrogen-bond acceptors (Lipinski definition) is 4. The predicted octanol–water partition coefficient (Wildman–Crippen LogP) is -0.283. The lowest BCUT2D eigenvalue weighted by Gasteiger charge is -2.09. The SMILES string of the molecule is [B]C(=O)N([B])c1ncns1. The van der Waals surface area contributed by atoms with E-state index in [0.717, 1.165) is 16.3 Å². The molecular formula is C3HB2N3OS. The van der Waals surface area contributed by atoms with Gasteiger partial charge in [-0.25, -0.2) is 4.98 Å². The molecule has 0 aromatic carbocycles. The van der Waals surface area contributed by atoms with E-state index >= 15 is 0 Å². The van der Waals surface area contributed by atoms with Crippen LogP contribution in [0.5, 0.6) is 0 Å². The zero-order chi connectivity index (χ0) is 7.56. The van der Waals surface area contributed by atoms with E-state index < -0.39 is 5.81 Å². The first-order chi connectivity index (χ1) is 4.72. The van der Waals surface area contributed by atoms with E-state index in [1.165, 1.54) is 6.33 Å². The minimum absolute atomic E-state index is 0.285. The number of carbonyl (C=O) groups is 1. The van der Waals surface area contributed by atoms with Crippen molar-refractivity contribution < 1.29 is 4.79 Å². The summed E-state index contributed by atoms with van der Waals surface area (Å²) < 4.78 is 3.63. The van der Waals surface area contributed by atoms with E-state index in [0.29, 0.717) is 0 Å². The first kappa shape index (κ1) is 7.27. The molecule has 0 unspecified atom stereocenters. The third kappa shape index (κ3) is 1.35. The summed E-state index contributed by atoms with van der Waals surface area (Å²) in [4.78, 5) is 14.7. The van der Waals surface area contributed by atoms with Crippen LogP contribution in [-0.2, 0) is 0 Å². The molecule has 0 aliphatic carbocycles. The van der Waals surface area contributed by atoms with Crippen LogP contribution in [0, 0.1) is 0 Å². The molecule has 1 rings (SSSR count). The van der Waals surface area contributed by atoms with Crippen molar-refractivity contribution in [3.63, 3.8) is 0 Å². The monoisotopic (exact) mass is 149 g/mol. The molecule has 0 fully saturated rings. The smallest absolute Gasteiger partial charge is 0.240 e. The standard InChI is InChI=1S/C3HB2N3OS/c4-2(9)8(5)3-6-1-7-10-3/h1H. The van der Waals surface area contributed by atoms with Crippen molar-refractivity contribution >= 4 is 38.3 Å². The molecule has 0 saturated carbocycles. The van der Waals surface area contributed by atoms with E-state index in [1.807, 2.05) is 0 Å². The van der Waals surface area contributed by atoms with Crippen molar-refractivity contribution in [2.24, 2.45) is 0 Å². The summed E-state index contributed by atoms with van der Waals surface area (Å²) in [7, 11) is 9.98. The summed E-state index contributed by atoms with van der Waals surface area (Å²) in [6, 6.07) is 0. The third-order valence-electron chi connectivity index (χ3n) is 0.793. The Morgan fingerprint density at radius 1 is 1.80 bits per heavy atom. The van der Waals surface area contributed by atoms with Gasteiger partial charge in [-0.05, 0) is 0 Å².